The normalized spacial score (nSPS) is 28.1. The summed E-state index contributed by atoms with van der Waals surface area (Å²) in [5.41, 5.74) is 9.71. The number of likely N-dealkylation sites (N-methyl/N-ethyl adjacent to an activating group) is 1. The standard InChI is InChI=1S/C32H39FN8O2S/c1-18(22-13-19(33)16-40(22)2)42-25-14-24(41-12-11-36-31(17-41)9-10-31)37-30(38-25)27-20-5-3-7-32(28(20)39-43-27)8-4-6-23-26(32)21(15-34)29(35)44-23/h14,18-19,22,36H,3-13,16-17,35H2,1-2H3/t18-,19+,22-,32-/m0/s1. The zero-order chi connectivity index (χ0) is 30.2. The molecular weight excluding hydrogens is 579 g/mol. The molecule has 3 aliphatic carbocycles. The van der Waals surface area contributed by atoms with E-state index in [0.29, 0.717) is 41.0 Å². The van der Waals surface area contributed by atoms with Crippen molar-refractivity contribution < 1.29 is 13.7 Å². The topological polar surface area (TPSA) is 129 Å². The summed E-state index contributed by atoms with van der Waals surface area (Å²) in [6.45, 7) is 5.01. The molecule has 0 radical (unpaired) electrons. The number of rotatable bonds is 5. The summed E-state index contributed by atoms with van der Waals surface area (Å²) in [5.74, 6) is 2.31. The number of nitrogens with zero attached hydrogens (tertiary/aromatic N) is 6. The molecule has 12 heteroatoms. The molecule has 10 nitrogen and oxygen atoms in total. The van der Waals surface area contributed by atoms with Crippen molar-refractivity contribution in [2.75, 3.05) is 43.9 Å². The van der Waals surface area contributed by atoms with Gasteiger partial charge in [-0.1, -0.05) is 5.16 Å². The molecule has 2 saturated heterocycles. The first-order valence-electron chi connectivity index (χ1n) is 16.0. The number of ether oxygens (including phenoxy) is 1. The summed E-state index contributed by atoms with van der Waals surface area (Å²) in [5, 5.41) is 19.1. The van der Waals surface area contributed by atoms with Gasteiger partial charge < -0.3 is 25.2 Å². The Morgan fingerprint density at radius 1 is 1.25 bits per heavy atom. The average Bonchev–Trinajstić information content (AvgIpc) is 3.30. The SMILES string of the molecule is C[C@H](Oc1cc(N2CCNC3(CC3)C2)nc(-c2onc3c2CCC[C@@]32CCCc3sc(N)c(C#N)c32)n1)[C@@H]1C[C@@H](F)CN1C. The van der Waals surface area contributed by atoms with Crippen LogP contribution < -0.4 is 20.7 Å². The predicted molar refractivity (Wildman–Crippen MR) is 166 cm³/mol. The zero-order valence-electron chi connectivity index (χ0n) is 25.4. The molecule has 5 heterocycles. The molecule has 0 bridgehead atoms. The van der Waals surface area contributed by atoms with Crippen molar-refractivity contribution in [2.45, 2.75) is 94.0 Å². The number of alkyl halides is 1. The van der Waals surface area contributed by atoms with Crippen molar-refractivity contribution in [1.29, 1.82) is 5.26 Å². The lowest BCUT2D eigenvalue weighted by atomic mass is 9.62. The first-order valence-corrected chi connectivity index (χ1v) is 16.8. The van der Waals surface area contributed by atoms with Gasteiger partial charge in [-0.15, -0.1) is 11.3 Å². The van der Waals surface area contributed by atoms with E-state index >= 15 is 0 Å². The summed E-state index contributed by atoms with van der Waals surface area (Å²) in [6, 6.07) is 4.29. The Hall–Kier alpha value is -3.27. The lowest BCUT2D eigenvalue weighted by Crippen LogP contribution is -2.52. The van der Waals surface area contributed by atoms with Crippen LogP contribution in [0.2, 0.25) is 0 Å². The average molecular weight is 619 g/mol. The number of nitrogens with one attached hydrogen (secondary N) is 1. The Morgan fingerprint density at radius 3 is 2.82 bits per heavy atom. The van der Waals surface area contributed by atoms with E-state index in [9.17, 15) is 9.65 Å². The number of halogens is 1. The van der Waals surface area contributed by atoms with Gasteiger partial charge in [0.25, 0.3) is 0 Å². The molecule has 1 saturated carbocycles. The van der Waals surface area contributed by atoms with Gasteiger partial charge in [0.1, 0.15) is 29.2 Å². The minimum atomic E-state index is -0.850. The lowest BCUT2D eigenvalue weighted by Gasteiger charge is -2.39. The molecule has 3 N–H and O–H groups in total. The van der Waals surface area contributed by atoms with Crippen LogP contribution in [0.25, 0.3) is 11.6 Å². The third-order valence-corrected chi connectivity index (χ3v) is 11.8. The van der Waals surface area contributed by atoms with E-state index in [1.807, 2.05) is 24.9 Å². The van der Waals surface area contributed by atoms with Gasteiger partial charge in [0.2, 0.25) is 17.5 Å². The molecule has 5 aliphatic rings. The largest absolute Gasteiger partial charge is 0.473 e. The summed E-state index contributed by atoms with van der Waals surface area (Å²) in [7, 11) is 1.95. The monoisotopic (exact) mass is 618 g/mol. The maximum absolute atomic E-state index is 14.2. The van der Waals surface area contributed by atoms with E-state index in [0.717, 1.165) is 93.6 Å². The Labute approximate surface area is 260 Å². The van der Waals surface area contributed by atoms with E-state index < -0.39 is 6.17 Å². The predicted octanol–water partition coefficient (Wildman–Crippen LogP) is 4.36. The fraction of sp³-hybridized carbons (Fsp3) is 0.625. The Kier molecular flexibility index (Phi) is 6.66. The van der Waals surface area contributed by atoms with Gasteiger partial charge in [-0.25, -0.2) is 9.37 Å². The highest BCUT2D eigenvalue weighted by atomic mass is 32.1. The van der Waals surface area contributed by atoms with Gasteiger partial charge in [-0.05, 0) is 77.3 Å². The van der Waals surface area contributed by atoms with E-state index in [-0.39, 0.29) is 23.1 Å². The van der Waals surface area contributed by atoms with Crippen LogP contribution in [-0.2, 0) is 18.3 Å². The number of hydrogen-bond acceptors (Lipinski definition) is 11. The lowest BCUT2D eigenvalue weighted by molar-refractivity contribution is 0.117. The van der Waals surface area contributed by atoms with Crippen LogP contribution in [-0.4, -0.2) is 77.1 Å². The number of fused-ring (bicyclic) bond motifs is 4. The van der Waals surface area contributed by atoms with Crippen molar-refractivity contribution in [3.05, 3.63) is 33.3 Å². The summed E-state index contributed by atoms with van der Waals surface area (Å²) in [6.07, 6.45) is 7.18. The van der Waals surface area contributed by atoms with Gasteiger partial charge in [0, 0.05) is 59.7 Å². The van der Waals surface area contributed by atoms with Crippen molar-refractivity contribution >= 4 is 22.2 Å². The van der Waals surface area contributed by atoms with Gasteiger partial charge in [-0.2, -0.15) is 10.2 Å². The Bertz CT molecular complexity index is 1640. The van der Waals surface area contributed by atoms with Crippen molar-refractivity contribution in [3.63, 3.8) is 0 Å². The second kappa shape index (κ2) is 10.4. The number of likely N-dealkylation sites (tertiary alicyclic amines) is 1. The first kappa shape index (κ1) is 28.2. The van der Waals surface area contributed by atoms with Crippen molar-refractivity contribution in [3.8, 4) is 23.5 Å². The van der Waals surface area contributed by atoms with Crippen LogP contribution in [0.3, 0.4) is 0 Å². The number of nitrogens with two attached hydrogens (primary N) is 1. The molecule has 0 aromatic carbocycles. The van der Waals surface area contributed by atoms with Crippen LogP contribution in [0, 0.1) is 11.3 Å². The maximum Gasteiger partial charge on any atom is 0.219 e. The molecule has 3 aromatic rings. The summed E-state index contributed by atoms with van der Waals surface area (Å²) in [4.78, 5) is 15.5. The minimum absolute atomic E-state index is 0.0356. The molecule has 2 spiro atoms. The minimum Gasteiger partial charge on any atom is -0.473 e. The number of hydrogen-bond donors (Lipinski definition) is 2. The molecule has 3 aromatic heterocycles. The number of anilines is 2. The second-order valence-electron chi connectivity index (χ2n) is 13.6. The van der Waals surface area contributed by atoms with Crippen LogP contribution in [0.5, 0.6) is 5.88 Å². The molecule has 0 amide bonds. The van der Waals surface area contributed by atoms with Crippen LogP contribution in [0.4, 0.5) is 15.2 Å². The molecule has 3 fully saturated rings. The highest BCUT2D eigenvalue weighted by molar-refractivity contribution is 7.16. The van der Waals surface area contributed by atoms with Crippen LogP contribution >= 0.6 is 11.3 Å². The fourth-order valence-corrected chi connectivity index (χ4v) is 9.55. The third kappa shape index (κ3) is 4.50. The summed E-state index contributed by atoms with van der Waals surface area (Å²) >= 11 is 1.55. The Morgan fingerprint density at radius 2 is 2.07 bits per heavy atom. The number of piperazine rings is 1. The highest BCUT2D eigenvalue weighted by Gasteiger charge is 2.49. The third-order valence-electron chi connectivity index (χ3n) is 10.7. The number of thiophene rings is 1. The molecule has 232 valence electrons. The number of nitrogen functional groups attached to an aromatic ring is 1. The molecule has 2 aliphatic heterocycles. The number of aryl methyl sites for hydroxylation is 1. The highest BCUT2D eigenvalue weighted by Crippen LogP contribution is 2.54. The molecule has 0 unspecified atom stereocenters. The van der Waals surface area contributed by atoms with Gasteiger partial charge in [-0.3, -0.25) is 4.90 Å². The summed E-state index contributed by atoms with van der Waals surface area (Å²) < 4.78 is 26.9. The van der Waals surface area contributed by atoms with Crippen molar-refractivity contribution in [2.24, 2.45) is 0 Å². The molecule has 8 rings (SSSR count). The van der Waals surface area contributed by atoms with Gasteiger partial charge >= 0.3 is 0 Å². The van der Waals surface area contributed by atoms with E-state index in [2.05, 4.69) is 16.3 Å². The van der Waals surface area contributed by atoms with Crippen LogP contribution in [0.1, 0.15) is 79.1 Å². The van der Waals surface area contributed by atoms with E-state index in [4.69, 9.17) is 30.1 Å². The number of nitriles is 1. The molecule has 44 heavy (non-hydrogen) atoms. The van der Waals surface area contributed by atoms with E-state index in [1.165, 1.54) is 4.88 Å². The maximum atomic E-state index is 14.2. The smallest absolute Gasteiger partial charge is 0.219 e. The number of aromatic nitrogens is 3. The zero-order valence-corrected chi connectivity index (χ0v) is 26.2. The van der Waals surface area contributed by atoms with Crippen molar-refractivity contribution in [1.82, 2.24) is 25.3 Å². The van der Waals surface area contributed by atoms with Gasteiger partial charge in [0.15, 0.2) is 0 Å². The fourth-order valence-electron chi connectivity index (χ4n) is 8.39. The Balaban J connectivity index is 1.20. The first-order chi connectivity index (χ1) is 21.3. The van der Waals surface area contributed by atoms with E-state index in [1.54, 1.807) is 11.3 Å². The molecule has 4 atom stereocenters. The molecular formula is C32H39FN8O2S. The quantitative estimate of drug-likeness (QED) is 0.426. The van der Waals surface area contributed by atoms with Gasteiger partial charge in [0.05, 0.1) is 11.3 Å². The van der Waals surface area contributed by atoms with Crippen LogP contribution in [0.15, 0.2) is 10.6 Å². The second-order valence-corrected chi connectivity index (χ2v) is 14.7.